The zero-order chi connectivity index (χ0) is 26.7. The second kappa shape index (κ2) is 12.9. The summed E-state index contributed by atoms with van der Waals surface area (Å²) in [7, 11) is 3.57. The first-order valence-electron chi connectivity index (χ1n) is 11.9. The van der Waals surface area contributed by atoms with Gasteiger partial charge in [0.1, 0.15) is 5.82 Å². The summed E-state index contributed by atoms with van der Waals surface area (Å²) in [4.78, 5) is 17.0. The molecule has 4 heterocycles. The molecule has 4 aromatic heterocycles. The zero-order valence-corrected chi connectivity index (χ0v) is 21.2. The molecule has 0 fully saturated rings. The highest BCUT2D eigenvalue weighted by Crippen LogP contribution is 2.31. The molecule has 0 saturated carbocycles. The van der Waals surface area contributed by atoms with Crippen LogP contribution in [0.1, 0.15) is 11.3 Å². The van der Waals surface area contributed by atoms with Gasteiger partial charge in [0.05, 0.1) is 24.0 Å². The standard InChI is InChI=1S/C28H28FN9/c1-31-15-23(14-30)27-25(13-22(17-36-27)24-18-37-38(2)19-24)21-7-8-26(35-16-21)33-12-11-32-9-3-5-20-6-4-10-34-28(20)29/h4,6-8,10,13-19,32H,9,11-12,30H2,1-2H3,(H,33,35). The lowest BCUT2D eigenvalue weighted by molar-refractivity contribution is 0.580. The molecule has 0 unspecified atom stereocenters. The van der Waals surface area contributed by atoms with E-state index in [2.05, 4.69) is 48.6 Å². The molecule has 10 heteroatoms. The lowest BCUT2D eigenvalue weighted by Crippen LogP contribution is -2.22. The third kappa shape index (κ3) is 6.66. The van der Waals surface area contributed by atoms with E-state index in [1.54, 1.807) is 48.7 Å². The molecule has 0 aliphatic carbocycles. The molecule has 0 aliphatic rings. The number of aromatic nitrogens is 5. The average Bonchev–Trinajstić information content (AvgIpc) is 3.38. The minimum atomic E-state index is -0.559. The van der Waals surface area contributed by atoms with Crippen LogP contribution < -0.4 is 16.4 Å². The van der Waals surface area contributed by atoms with Gasteiger partial charge in [-0.15, -0.1) is 0 Å². The van der Waals surface area contributed by atoms with E-state index in [1.165, 1.54) is 12.4 Å². The van der Waals surface area contributed by atoms with Gasteiger partial charge in [-0.2, -0.15) is 9.49 Å². The topological polar surface area (TPSA) is 119 Å². The van der Waals surface area contributed by atoms with Crippen LogP contribution >= 0.6 is 0 Å². The van der Waals surface area contributed by atoms with Crippen LogP contribution in [-0.4, -0.2) is 57.6 Å². The first kappa shape index (κ1) is 26.2. The molecule has 192 valence electrons. The first-order chi connectivity index (χ1) is 18.6. The smallest absolute Gasteiger partial charge is 0.228 e. The Morgan fingerprint density at radius 2 is 1.97 bits per heavy atom. The van der Waals surface area contributed by atoms with Crippen molar-refractivity contribution in [2.24, 2.45) is 17.8 Å². The molecule has 0 atom stereocenters. The molecule has 4 rings (SSSR count). The van der Waals surface area contributed by atoms with Crippen LogP contribution in [0.2, 0.25) is 0 Å². The number of aliphatic imine (C=N–C) groups is 1. The van der Waals surface area contributed by atoms with Crippen molar-refractivity contribution in [2.75, 3.05) is 32.0 Å². The quantitative estimate of drug-likeness (QED) is 0.137. The van der Waals surface area contributed by atoms with Gasteiger partial charge in [0.2, 0.25) is 5.95 Å². The fourth-order valence-electron chi connectivity index (χ4n) is 3.67. The maximum atomic E-state index is 13.5. The fraction of sp³-hybridized carbons (Fsp3) is 0.179. The maximum absolute atomic E-state index is 13.5. The van der Waals surface area contributed by atoms with Gasteiger partial charge in [-0.05, 0) is 30.3 Å². The molecule has 0 spiro atoms. The van der Waals surface area contributed by atoms with E-state index in [4.69, 9.17) is 10.7 Å². The second-order valence-corrected chi connectivity index (χ2v) is 8.21. The summed E-state index contributed by atoms with van der Waals surface area (Å²) in [6.45, 7) is 1.74. The minimum absolute atomic E-state index is 0.289. The molecule has 9 nitrogen and oxygen atoms in total. The second-order valence-electron chi connectivity index (χ2n) is 8.21. The van der Waals surface area contributed by atoms with Gasteiger partial charge in [-0.3, -0.25) is 14.7 Å². The van der Waals surface area contributed by atoms with Gasteiger partial charge in [0.15, 0.2) is 0 Å². The average molecular weight is 510 g/mol. The number of rotatable bonds is 9. The highest BCUT2D eigenvalue weighted by atomic mass is 19.1. The van der Waals surface area contributed by atoms with Gasteiger partial charge in [-0.1, -0.05) is 11.8 Å². The highest BCUT2D eigenvalue weighted by molar-refractivity contribution is 6.11. The Bertz CT molecular complexity index is 1490. The van der Waals surface area contributed by atoms with Crippen LogP contribution in [0.15, 0.2) is 72.5 Å². The van der Waals surface area contributed by atoms with E-state index in [-0.39, 0.29) is 5.56 Å². The van der Waals surface area contributed by atoms with Crippen molar-refractivity contribution >= 4 is 17.6 Å². The van der Waals surface area contributed by atoms with Crippen molar-refractivity contribution in [3.63, 3.8) is 0 Å². The largest absolute Gasteiger partial charge is 0.404 e. The molecule has 0 amide bonds. The number of nitrogens with zero attached hydrogens (tertiary/aromatic N) is 6. The van der Waals surface area contributed by atoms with Crippen LogP contribution in [0.3, 0.4) is 0 Å². The first-order valence-corrected chi connectivity index (χ1v) is 11.9. The van der Waals surface area contributed by atoms with Crippen LogP contribution in [0.4, 0.5) is 10.2 Å². The minimum Gasteiger partial charge on any atom is -0.404 e. The maximum Gasteiger partial charge on any atom is 0.228 e. The predicted octanol–water partition coefficient (Wildman–Crippen LogP) is 3.13. The molecular formula is C28H28FN9. The fourth-order valence-corrected chi connectivity index (χ4v) is 3.67. The summed E-state index contributed by atoms with van der Waals surface area (Å²) < 4.78 is 15.2. The monoisotopic (exact) mass is 509 g/mol. The van der Waals surface area contributed by atoms with Crippen molar-refractivity contribution in [3.8, 4) is 34.1 Å². The summed E-state index contributed by atoms with van der Waals surface area (Å²) in [5.41, 5.74) is 11.3. The SMILES string of the molecule is CN=CC(=CN)c1ncc(-c2cnn(C)c2)cc1-c1ccc(NCCNCC#Cc2cccnc2F)nc1. The molecule has 0 radical (unpaired) electrons. The number of allylic oxidation sites excluding steroid dienone is 1. The number of nitrogens with one attached hydrogen (secondary N) is 2. The molecule has 4 N–H and O–H groups in total. The van der Waals surface area contributed by atoms with Crippen LogP contribution in [0.25, 0.3) is 27.8 Å². The Balaban J connectivity index is 1.42. The van der Waals surface area contributed by atoms with E-state index in [1.807, 2.05) is 25.4 Å². The Morgan fingerprint density at radius 1 is 1.11 bits per heavy atom. The molecule has 4 aromatic rings. The molecule has 38 heavy (non-hydrogen) atoms. The van der Waals surface area contributed by atoms with Crippen molar-refractivity contribution in [2.45, 2.75) is 0 Å². The molecule has 0 aromatic carbocycles. The van der Waals surface area contributed by atoms with Gasteiger partial charge in [0.25, 0.3) is 0 Å². The van der Waals surface area contributed by atoms with Gasteiger partial charge in [-0.25, -0.2) is 9.97 Å². The summed E-state index contributed by atoms with van der Waals surface area (Å²) in [5, 5.41) is 10.7. The van der Waals surface area contributed by atoms with Crippen molar-refractivity contribution in [3.05, 3.63) is 84.7 Å². The predicted molar refractivity (Wildman–Crippen MR) is 149 cm³/mol. The highest BCUT2D eigenvalue weighted by Gasteiger charge is 2.13. The number of nitrogens with two attached hydrogens (primary N) is 1. The molecular weight excluding hydrogens is 481 g/mol. The third-order valence-corrected chi connectivity index (χ3v) is 5.53. The number of hydrogen-bond donors (Lipinski definition) is 3. The number of aryl methyl sites for hydroxylation is 1. The van der Waals surface area contributed by atoms with E-state index in [0.717, 1.165) is 28.1 Å². The van der Waals surface area contributed by atoms with E-state index >= 15 is 0 Å². The van der Waals surface area contributed by atoms with E-state index in [0.29, 0.717) is 30.9 Å². The lowest BCUT2D eigenvalue weighted by Gasteiger charge is -2.12. The molecule has 0 bridgehead atoms. The molecule has 0 saturated heterocycles. The lowest BCUT2D eigenvalue weighted by atomic mass is 9.98. The van der Waals surface area contributed by atoms with Gasteiger partial charge >= 0.3 is 0 Å². The number of halogens is 1. The van der Waals surface area contributed by atoms with Crippen LogP contribution in [-0.2, 0) is 7.05 Å². The van der Waals surface area contributed by atoms with E-state index in [9.17, 15) is 4.39 Å². The Morgan fingerprint density at radius 3 is 2.68 bits per heavy atom. The van der Waals surface area contributed by atoms with Crippen molar-refractivity contribution < 1.29 is 4.39 Å². The normalized spacial score (nSPS) is 11.4. The summed E-state index contributed by atoms with van der Waals surface area (Å²) >= 11 is 0. The Kier molecular flexibility index (Phi) is 8.89. The van der Waals surface area contributed by atoms with Gasteiger partial charge < -0.3 is 16.4 Å². The van der Waals surface area contributed by atoms with Crippen LogP contribution in [0.5, 0.6) is 0 Å². The summed E-state index contributed by atoms with van der Waals surface area (Å²) in [6, 6.07) is 9.22. The zero-order valence-electron chi connectivity index (χ0n) is 21.2. The number of hydrogen-bond acceptors (Lipinski definition) is 8. The third-order valence-electron chi connectivity index (χ3n) is 5.53. The van der Waals surface area contributed by atoms with Crippen molar-refractivity contribution in [1.82, 2.24) is 30.0 Å². The Hall–Kier alpha value is -4.88. The number of anilines is 1. The van der Waals surface area contributed by atoms with Crippen molar-refractivity contribution in [1.29, 1.82) is 0 Å². The van der Waals surface area contributed by atoms with E-state index < -0.39 is 5.95 Å². The Labute approximate surface area is 220 Å². The van der Waals surface area contributed by atoms with Gasteiger partial charge in [0, 0.05) is 92.2 Å². The number of pyridine rings is 3. The summed E-state index contributed by atoms with van der Waals surface area (Å²) in [5.74, 6) is 5.84. The molecule has 0 aliphatic heterocycles. The van der Waals surface area contributed by atoms with Crippen LogP contribution in [0, 0.1) is 17.8 Å². The summed E-state index contributed by atoms with van der Waals surface area (Å²) in [6.07, 6.45) is 11.9.